The van der Waals surface area contributed by atoms with Gasteiger partial charge in [-0.25, -0.2) is 19.3 Å². The molecule has 38 nitrogen and oxygen atoms in total. The standard InChI is InChI=1S/C52H86N6O13.C50H82N6O13/c1-15-21-57-27-31(3)46-52(11,62)40(16-2)69-48(61)35(7)44(70-42-25-50(9,63-14)45(60)36(8)68-42)34(6)47(71-49-43(59)39(56(12)13)23-33(5)67-49)51(10,24-32(57)4)65-30-38(29-64-46)55-66-28-37-18-19-41(53-26-37)58-22-17-20-54-58;1-15-38-50(10,60)44-29(2)25-55(13)30(3)22-49(9,63-28-36(27-62-44)53-64-26-35-17-18-39(51-24-35)56-20-16-19-52-56)45(69-47-41(57)37(54(11)12)21-31(4)65-47)32(5)42(33(6)46(59)67-38)68-40-23-48(8,61-14)43(58)34(7)66-40/h17-20,22,26,31-36,39-40,42-47,49,59-60,62H,15-16,21,23-25,27-30H2,1-14H3;16-20,24,29-34,37-38,40-45,47,57-58,60H,15,21-23,25-28H2,1-14H3/b55-38+;53-36+/t31-,32+,33+,34-,35+,36-,39-,40+,42-,43+,44-,45-,46+,47+,49-,50+,51+,52+;29-,30+,31+,32-,33+,34-,37-,38+,40-,41+,42-,43-,44+,45+,47-,48+,49+,50+/m00/s1. The van der Waals surface area contributed by atoms with E-state index < -0.39 is 180 Å². The third kappa shape index (κ3) is 27.3. The van der Waals surface area contributed by atoms with Crippen molar-refractivity contribution in [3.8, 4) is 11.6 Å². The number of oxime groups is 2. The van der Waals surface area contributed by atoms with Crippen molar-refractivity contribution >= 4 is 23.4 Å². The number of ether oxygens (including phenoxy) is 16. The average molecular weight is 1980 g/mol. The summed E-state index contributed by atoms with van der Waals surface area (Å²) in [4.78, 5) is 59.4. The van der Waals surface area contributed by atoms with Crippen LogP contribution in [-0.4, -0.2) is 379 Å². The van der Waals surface area contributed by atoms with Crippen molar-refractivity contribution in [3.63, 3.8) is 0 Å². The van der Waals surface area contributed by atoms with Crippen LogP contribution < -0.4 is 0 Å². The predicted molar refractivity (Wildman–Crippen MR) is 520 cm³/mol. The predicted octanol–water partition coefficient (Wildman–Crippen LogP) is 9.01. The van der Waals surface area contributed by atoms with Crippen LogP contribution in [0.4, 0.5) is 0 Å². The maximum atomic E-state index is 14.9. The maximum Gasteiger partial charge on any atom is 0.311 e. The molecule has 10 aliphatic heterocycles. The summed E-state index contributed by atoms with van der Waals surface area (Å²) in [6.45, 7) is 41.4. The second-order valence-electron chi connectivity index (χ2n) is 42.7. The van der Waals surface area contributed by atoms with Gasteiger partial charge in [0.1, 0.15) is 72.5 Å². The van der Waals surface area contributed by atoms with Crippen molar-refractivity contribution in [1.82, 2.24) is 49.1 Å². The molecule has 10 fully saturated rings. The Morgan fingerprint density at radius 3 is 1.28 bits per heavy atom. The molecule has 4 bridgehead atoms. The fraction of sp³-hybridized carbons (Fsp3) is 0.804. The Bertz CT molecular complexity index is 4510. The first-order valence-electron chi connectivity index (χ1n) is 50.5. The topological polar surface area (TPSA) is 421 Å². The van der Waals surface area contributed by atoms with Crippen molar-refractivity contribution in [2.45, 2.75) is 397 Å². The molecule has 792 valence electrons. The summed E-state index contributed by atoms with van der Waals surface area (Å²) < 4.78 is 110. The van der Waals surface area contributed by atoms with E-state index in [0.29, 0.717) is 61.8 Å². The lowest BCUT2D eigenvalue weighted by Gasteiger charge is -2.50. The van der Waals surface area contributed by atoms with E-state index in [1.165, 1.54) is 7.11 Å². The zero-order chi connectivity index (χ0) is 103. The first-order chi connectivity index (χ1) is 66.1. The molecule has 0 radical (unpaired) electrons. The molecule has 0 unspecified atom stereocenters. The first-order valence-corrected chi connectivity index (χ1v) is 50.5. The van der Waals surface area contributed by atoms with E-state index in [-0.39, 0.29) is 114 Å². The fourth-order valence-corrected chi connectivity index (χ4v) is 22.2. The second kappa shape index (κ2) is 49.4. The van der Waals surface area contributed by atoms with Gasteiger partial charge < -0.3 is 136 Å². The van der Waals surface area contributed by atoms with Crippen LogP contribution >= 0.6 is 0 Å². The van der Waals surface area contributed by atoms with Crippen LogP contribution in [0.1, 0.15) is 214 Å². The quantitative estimate of drug-likeness (QED) is 0.0281. The van der Waals surface area contributed by atoms with Gasteiger partial charge in [0.25, 0.3) is 0 Å². The van der Waals surface area contributed by atoms with Gasteiger partial charge in [-0.3, -0.25) is 9.59 Å². The van der Waals surface area contributed by atoms with Gasteiger partial charge in [-0.2, -0.15) is 10.2 Å². The number of carbonyl (C=O) groups is 2. The minimum absolute atomic E-state index is 0.0865. The van der Waals surface area contributed by atoms with Gasteiger partial charge in [0, 0.05) is 124 Å². The van der Waals surface area contributed by atoms with E-state index in [4.69, 9.17) is 85.5 Å². The van der Waals surface area contributed by atoms with Crippen LogP contribution in [0.3, 0.4) is 0 Å². The molecule has 36 atom stereocenters. The van der Waals surface area contributed by atoms with Gasteiger partial charge in [0.05, 0.1) is 122 Å². The zero-order valence-electron chi connectivity index (χ0n) is 88.2. The van der Waals surface area contributed by atoms with E-state index in [0.717, 1.165) is 24.1 Å². The van der Waals surface area contributed by atoms with E-state index in [1.54, 1.807) is 89.7 Å². The van der Waals surface area contributed by atoms with Gasteiger partial charge in [-0.1, -0.05) is 70.9 Å². The Morgan fingerprint density at radius 2 is 0.921 bits per heavy atom. The summed E-state index contributed by atoms with van der Waals surface area (Å²) in [5.74, 6) is -3.87. The summed E-state index contributed by atoms with van der Waals surface area (Å²) in [5.41, 5.74) is -5.59. The number of likely N-dealkylation sites (N-methyl/N-ethyl adjacent to an activating group) is 2. The Balaban J connectivity index is 0.000000268. The average Bonchev–Trinajstić information content (AvgIpc) is 1.27. The van der Waals surface area contributed by atoms with Crippen LogP contribution in [-0.2, 0) is 108 Å². The molecule has 6 N–H and O–H groups in total. The lowest BCUT2D eigenvalue weighted by molar-refractivity contribution is -0.320. The highest BCUT2D eigenvalue weighted by Crippen LogP contribution is 2.47. The Labute approximate surface area is 828 Å². The van der Waals surface area contributed by atoms with E-state index in [2.05, 4.69) is 68.0 Å². The summed E-state index contributed by atoms with van der Waals surface area (Å²) in [6, 6.07) is 10.2. The SMILES string of the molecule is CCCN1C[C@H](C)[C@H]2OC/C(=N\OCc3ccc(-n4cccn4)nc3)CO[C@](C)(C[C@H]1C)[C@H](O[C@@H]1O[C@H](C)C[C@H](N(C)C)[C@H]1O)[C@@H](C)[C@H](O[C@H]1C[C@@](C)(OC)[C@@H](O)[C@H](C)O1)[C@@H](C)C(=O)O[C@H](CC)[C@@]2(C)O.CC[C@H]1OC(=O)[C@H](C)[C@@H](O[C@H]2C[C@@](C)(OC)[C@@H](O)[C@H](C)O2)[C@H](C)[C@@H](O[C@@H]2O[C@H](C)C[C@H](N(C)C)[C@H]2O)[C@@]2(C)C[C@@H](C)N(C)C[C@H](C)[C@@H](OC/C(=N\OCc3ccc(-n4cccn4)nc3)CO2)[C@]1(C)O. The first kappa shape index (κ1) is 114. The number of pyridine rings is 2. The second-order valence-corrected chi connectivity index (χ2v) is 42.7. The van der Waals surface area contributed by atoms with Gasteiger partial charge in [-0.05, 0) is 220 Å². The Kier molecular flexibility index (Phi) is 40.2. The summed E-state index contributed by atoms with van der Waals surface area (Å²) in [5, 5.41) is 89.9. The summed E-state index contributed by atoms with van der Waals surface area (Å²) >= 11 is 0. The number of fused-ring (bicyclic) bond motifs is 30. The molecule has 10 saturated heterocycles. The molecule has 10 aliphatic rings. The Hall–Kier alpha value is -6.36. The molecule has 140 heavy (non-hydrogen) atoms. The van der Waals surface area contributed by atoms with Crippen LogP contribution in [0.15, 0.2) is 83.9 Å². The van der Waals surface area contributed by atoms with Crippen molar-refractivity contribution in [1.29, 1.82) is 0 Å². The number of aliphatic hydroxyl groups excluding tert-OH is 4. The maximum absolute atomic E-state index is 14.9. The largest absolute Gasteiger partial charge is 0.459 e. The normalized spacial score (nSPS) is 41.5. The number of aromatic nitrogens is 6. The molecule has 0 aliphatic carbocycles. The Morgan fingerprint density at radius 1 is 0.521 bits per heavy atom. The number of esters is 2. The number of carbonyl (C=O) groups excluding carboxylic acids is 2. The lowest BCUT2D eigenvalue weighted by Crippen LogP contribution is -2.61. The minimum Gasteiger partial charge on any atom is -0.459 e. The van der Waals surface area contributed by atoms with E-state index in [9.17, 15) is 40.2 Å². The van der Waals surface area contributed by atoms with Gasteiger partial charge >= 0.3 is 11.9 Å². The minimum atomic E-state index is -1.70. The summed E-state index contributed by atoms with van der Waals surface area (Å²) in [6.07, 6.45) is -3.64. The molecule has 0 spiro atoms. The van der Waals surface area contributed by atoms with Crippen LogP contribution in [0, 0.1) is 35.5 Å². The molecule has 4 aromatic rings. The molecule has 14 heterocycles. The summed E-state index contributed by atoms with van der Waals surface area (Å²) in [7, 11) is 12.8. The number of aliphatic hydroxyl groups is 6. The number of hydrogen-bond acceptors (Lipinski definition) is 36. The number of methoxy groups -OCH3 is 2. The van der Waals surface area contributed by atoms with Gasteiger partial charge in [-0.15, -0.1) is 0 Å². The van der Waals surface area contributed by atoms with Crippen LogP contribution in [0.25, 0.3) is 11.6 Å². The van der Waals surface area contributed by atoms with Crippen molar-refractivity contribution < 1.29 is 126 Å². The highest BCUT2D eigenvalue weighted by Gasteiger charge is 2.59. The van der Waals surface area contributed by atoms with Gasteiger partial charge in [0.2, 0.25) is 0 Å². The van der Waals surface area contributed by atoms with E-state index in [1.807, 2.05) is 163 Å². The molecule has 0 saturated carbocycles. The highest BCUT2D eigenvalue weighted by molar-refractivity contribution is 5.87. The zero-order valence-corrected chi connectivity index (χ0v) is 88.2. The van der Waals surface area contributed by atoms with Crippen molar-refractivity contribution in [2.75, 3.05) is 95.5 Å². The fourth-order valence-electron chi connectivity index (χ4n) is 22.2. The van der Waals surface area contributed by atoms with Crippen LogP contribution in [0.5, 0.6) is 0 Å². The number of hydrogen-bond donors (Lipinski definition) is 6. The van der Waals surface area contributed by atoms with Crippen molar-refractivity contribution in [2.24, 2.45) is 45.8 Å². The van der Waals surface area contributed by atoms with Gasteiger partial charge in [0.15, 0.2) is 36.8 Å². The monoisotopic (exact) mass is 1980 g/mol. The molecule has 38 heteroatoms. The van der Waals surface area contributed by atoms with E-state index >= 15 is 0 Å². The molecule has 14 rings (SSSR count). The molecular weight excluding hydrogens is 1810 g/mol. The number of rotatable bonds is 24. The molecule has 4 aromatic heterocycles. The highest BCUT2D eigenvalue weighted by atomic mass is 16.7. The third-order valence-electron chi connectivity index (χ3n) is 30.7. The van der Waals surface area contributed by atoms with Crippen molar-refractivity contribution in [3.05, 3.63) is 84.7 Å². The smallest absolute Gasteiger partial charge is 0.311 e. The molecule has 0 amide bonds. The lowest BCUT2D eigenvalue weighted by atomic mass is 9.78. The number of nitrogens with zero attached hydrogens (tertiary/aromatic N) is 12. The third-order valence-corrected chi connectivity index (χ3v) is 30.7. The molecular formula is C102H168N12O26. The molecule has 0 aromatic carbocycles. The van der Waals surface area contributed by atoms with Crippen LogP contribution in [0.2, 0.25) is 0 Å².